The normalized spacial score (nSPS) is 19.0. The lowest BCUT2D eigenvalue weighted by molar-refractivity contribution is -0.105. The highest BCUT2D eigenvalue weighted by atomic mass is 19.1. The Hall–Kier alpha value is -1.58. The SMILES string of the molecule is O=CNc1ccc2c(c1)OC(F)C2. The van der Waals surface area contributed by atoms with Crippen LogP contribution < -0.4 is 10.1 Å². The van der Waals surface area contributed by atoms with Gasteiger partial charge in [0.15, 0.2) is 0 Å². The quantitative estimate of drug-likeness (QED) is 0.702. The number of alkyl halides is 1. The Labute approximate surface area is 74.5 Å². The van der Waals surface area contributed by atoms with Gasteiger partial charge in [-0.05, 0) is 6.07 Å². The van der Waals surface area contributed by atoms with Gasteiger partial charge in [-0.1, -0.05) is 6.07 Å². The predicted octanol–water partition coefficient (Wildman–Crippen LogP) is 1.49. The summed E-state index contributed by atoms with van der Waals surface area (Å²) >= 11 is 0. The monoisotopic (exact) mass is 181 g/mol. The topological polar surface area (TPSA) is 38.3 Å². The zero-order valence-electron chi connectivity index (χ0n) is 6.79. The molecule has 2 rings (SSSR count). The number of hydrogen-bond acceptors (Lipinski definition) is 2. The summed E-state index contributed by atoms with van der Waals surface area (Å²) in [7, 11) is 0. The summed E-state index contributed by atoms with van der Waals surface area (Å²) in [5, 5.41) is 2.47. The van der Waals surface area contributed by atoms with E-state index in [9.17, 15) is 9.18 Å². The minimum atomic E-state index is -1.25. The maximum absolute atomic E-state index is 12.7. The van der Waals surface area contributed by atoms with Crippen LogP contribution in [-0.4, -0.2) is 12.8 Å². The Morgan fingerprint density at radius 3 is 3.23 bits per heavy atom. The zero-order chi connectivity index (χ0) is 9.26. The van der Waals surface area contributed by atoms with Crippen molar-refractivity contribution in [3.63, 3.8) is 0 Å². The van der Waals surface area contributed by atoms with E-state index in [1.807, 2.05) is 0 Å². The number of carbonyl (C=O) groups is 1. The molecule has 13 heavy (non-hydrogen) atoms. The van der Waals surface area contributed by atoms with Crippen molar-refractivity contribution >= 4 is 12.1 Å². The van der Waals surface area contributed by atoms with Crippen molar-refractivity contribution in [1.82, 2.24) is 0 Å². The Bertz CT molecular complexity index is 340. The first-order valence-corrected chi connectivity index (χ1v) is 3.93. The van der Waals surface area contributed by atoms with Crippen LogP contribution in [0.25, 0.3) is 0 Å². The molecule has 1 N–H and O–H groups in total. The summed E-state index contributed by atoms with van der Waals surface area (Å²) in [5.74, 6) is 0.513. The van der Waals surface area contributed by atoms with Gasteiger partial charge >= 0.3 is 0 Å². The van der Waals surface area contributed by atoms with Crippen molar-refractivity contribution in [2.24, 2.45) is 0 Å². The lowest BCUT2D eigenvalue weighted by Gasteiger charge is -2.02. The number of benzene rings is 1. The first kappa shape index (κ1) is 8.04. The Kier molecular flexibility index (Phi) is 1.88. The molecular weight excluding hydrogens is 173 g/mol. The molecule has 0 aliphatic carbocycles. The molecule has 1 unspecified atom stereocenters. The number of rotatable bonds is 2. The van der Waals surface area contributed by atoms with E-state index in [2.05, 4.69) is 5.32 Å². The number of nitrogens with one attached hydrogen (secondary N) is 1. The van der Waals surface area contributed by atoms with Gasteiger partial charge in [-0.15, -0.1) is 0 Å². The van der Waals surface area contributed by atoms with Gasteiger partial charge in [0.25, 0.3) is 0 Å². The smallest absolute Gasteiger partial charge is 0.242 e. The zero-order valence-corrected chi connectivity index (χ0v) is 6.79. The number of carbonyl (C=O) groups excluding carboxylic acids is 1. The predicted molar refractivity (Wildman–Crippen MR) is 45.4 cm³/mol. The number of ether oxygens (including phenoxy) is 1. The highest BCUT2D eigenvalue weighted by molar-refractivity contribution is 5.72. The third-order valence-corrected chi connectivity index (χ3v) is 1.93. The van der Waals surface area contributed by atoms with Crippen molar-refractivity contribution in [2.75, 3.05) is 5.32 Å². The van der Waals surface area contributed by atoms with Crippen LogP contribution in [0.4, 0.5) is 10.1 Å². The summed E-state index contributed by atoms with van der Waals surface area (Å²) in [6, 6.07) is 5.08. The minimum Gasteiger partial charge on any atom is -0.460 e. The molecular formula is C9H8FNO2. The van der Waals surface area contributed by atoms with Gasteiger partial charge in [0.1, 0.15) is 5.75 Å². The van der Waals surface area contributed by atoms with E-state index in [1.165, 1.54) is 0 Å². The molecule has 0 radical (unpaired) electrons. The number of fused-ring (bicyclic) bond motifs is 1. The first-order chi connectivity index (χ1) is 6.29. The highest BCUT2D eigenvalue weighted by Crippen LogP contribution is 2.31. The summed E-state index contributed by atoms with van der Waals surface area (Å²) < 4.78 is 17.6. The molecule has 0 saturated heterocycles. The molecule has 0 bridgehead atoms. The maximum atomic E-state index is 12.7. The largest absolute Gasteiger partial charge is 0.460 e. The van der Waals surface area contributed by atoms with Crippen LogP contribution in [0.2, 0.25) is 0 Å². The van der Waals surface area contributed by atoms with Crippen LogP contribution in [-0.2, 0) is 11.2 Å². The molecule has 1 aliphatic rings. The standard InChI is InChI=1S/C9H8FNO2/c10-9-3-6-1-2-7(11-5-12)4-8(6)13-9/h1-2,4-5,9H,3H2,(H,11,12). The van der Waals surface area contributed by atoms with E-state index in [4.69, 9.17) is 4.74 Å². The third-order valence-electron chi connectivity index (χ3n) is 1.93. The average molecular weight is 181 g/mol. The lowest BCUT2D eigenvalue weighted by Crippen LogP contribution is -2.03. The third kappa shape index (κ3) is 1.47. The molecule has 3 nitrogen and oxygen atoms in total. The van der Waals surface area contributed by atoms with Crippen molar-refractivity contribution < 1.29 is 13.9 Å². The number of amides is 1. The van der Waals surface area contributed by atoms with Crippen molar-refractivity contribution in [3.05, 3.63) is 23.8 Å². The van der Waals surface area contributed by atoms with Crippen LogP contribution in [0.3, 0.4) is 0 Å². The van der Waals surface area contributed by atoms with Gasteiger partial charge in [-0.2, -0.15) is 0 Å². The van der Waals surface area contributed by atoms with Crippen LogP contribution in [0.15, 0.2) is 18.2 Å². The molecule has 0 saturated carbocycles. The van der Waals surface area contributed by atoms with Crippen LogP contribution in [0.5, 0.6) is 5.75 Å². The molecule has 1 heterocycles. The molecule has 68 valence electrons. The lowest BCUT2D eigenvalue weighted by atomic mass is 10.1. The second kappa shape index (κ2) is 3.05. The van der Waals surface area contributed by atoms with E-state index in [0.29, 0.717) is 17.8 Å². The van der Waals surface area contributed by atoms with Crippen LogP contribution >= 0.6 is 0 Å². The maximum Gasteiger partial charge on any atom is 0.242 e. The molecule has 1 aromatic carbocycles. The first-order valence-electron chi connectivity index (χ1n) is 3.93. The fraction of sp³-hybridized carbons (Fsp3) is 0.222. The molecule has 1 amide bonds. The van der Waals surface area contributed by atoms with Gasteiger partial charge in [-0.3, -0.25) is 4.79 Å². The summed E-state index contributed by atoms with van der Waals surface area (Å²) in [4.78, 5) is 10.1. The van der Waals surface area contributed by atoms with Crippen molar-refractivity contribution in [2.45, 2.75) is 12.8 Å². The van der Waals surface area contributed by atoms with Gasteiger partial charge in [0.05, 0.1) is 0 Å². The van der Waals surface area contributed by atoms with Gasteiger partial charge in [0, 0.05) is 23.7 Å². The second-order valence-electron chi connectivity index (χ2n) is 2.82. The fourth-order valence-electron chi connectivity index (χ4n) is 1.34. The van der Waals surface area contributed by atoms with Gasteiger partial charge < -0.3 is 10.1 Å². The molecule has 1 aliphatic heterocycles. The summed E-state index contributed by atoms with van der Waals surface area (Å²) in [5.41, 5.74) is 1.45. The van der Waals surface area contributed by atoms with E-state index < -0.39 is 6.36 Å². The van der Waals surface area contributed by atoms with E-state index in [-0.39, 0.29) is 6.42 Å². The average Bonchev–Trinajstić information content (AvgIpc) is 2.44. The highest BCUT2D eigenvalue weighted by Gasteiger charge is 2.21. The van der Waals surface area contributed by atoms with Gasteiger partial charge in [-0.25, -0.2) is 4.39 Å². The molecule has 0 spiro atoms. The number of hydrogen-bond donors (Lipinski definition) is 1. The van der Waals surface area contributed by atoms with Crippen molar-refractivity contribution in [3.8, 4) is 5.75 Å². The summed E-state index contributed by atoms with van der Waals surface area (Å²) in [6.45, 7) is 0. The van der Waals surface area contributed by atoms with Crippen LogP contribution in [0, 0.1) is 0 Å². The number of halogens is 1. The summed E-state index contributed by atoms with van der Waals surface area (Å²) in [6.07, 6.45) is -0.387. The minimum absolute atomic E-state index is 0.288. The Balaban J connectivity index is 2.29. The Morgan fingerprint density at radius 1 is 1.62 bits per heavy atom. The van der Waals surface area contributed by atoms with Crippen molar-refractivity contribution in [1.29, 1.82) is 0 Å². The molecule has 4 heteroatoms. The molecule has 0 fully saturated rings. The van der Waals surface area contributed by atoms with E-state index >= 15 is 0 Å². The van der Waals surface area contributed by atoms with Gasteiger partial charge in [0.2, 0.25) is 12.8 Å². The van der Waals surface area contributed by atoms with Crippen LogP contribution in [0.1, 0.15) is 5.56 Å². The van der Waals surface area contributed by atoms with E-state index in [0.717, 1.165) is 5.56 Å². The Morgan fingerprint density at radius 2 is 2.46 bits per heavy atom. The number of anilines is 1. The molecule has 1 atom stereocenters. The molecule has 1 aromatic rings. The molecule has 0 aromatic heterocycles. The van der Waals surface area contributed by atoms with E-state index in [1.54, 1.807) is 18.2 Å². The second-order valence-corrected chi connectivity index (χ2v) is 2.82. The fourth-order valence-corrected chi connectivity index (χ4v) is 1.34.